The molecule has 16 heavy (non-hydrogen) atoms. The number of hydrogen-bond acceptors (Lipinski definition) is 2. The van der Waals surface area contributed by atoms with Gasteiger partial charge in [-0.1, -0.05) is 6.92 Å². The number of nitrogens with zero attached hydrogens (tertiary/aromatic N) is 1. The third kappa shape index (κ3) is 2.43. The summed E-state index contributed by atoms with van der Waals surface area (Å²) < 4.78 is 0. The van der Waals surface area contributed by atoms with Crippen LogP contribution in [-0.2, 0) is 0 Å². The average Bonchev–Trinajstić information content (AvgIpc) is 3.14. The molecule has 2 heteroatoms. The van der Waals surface area contributed by atoms with Crippen LogP contribution in [-0.4, -0.2) is 30.6 Å². The van der Waals surface area contributed by atoms with Gasteiger partial charge in [0.05, 0.1) is 0 Å². The molecule has 3 rings (SSSR count). The molecule has 1 saturated heterocycles. The highest BCUT2D eigenvalue weighted by atomic mass is 15.1. The lowest BCUT2D eigenvalue weighted by atomic mass is 9.91. The second kappa shape index (κ2) is 4.30. The van der Waals surface area contributed by atoms with Crippen molar-refractivity contribution in [2.75, 3.05) is 19.6 Å². The smallest absolute Gasteiger partial charge is 0.00889 e. The first-order valence-corrected chi connectivity index (χ1v) is 7.22. The first-order chi connectivity index (χ1) is 7.74. The molecule has 0 aromatic heterocycles. The number of piperidine rings is 1. The van der Waals surface area contributed by atoms with Crippen molar-refractivity contribution in [2.45, 2.75) is 45.1 Å². The fourth-order valence-corrected chi connectivity index (χ4v) is 3.45. The largest absolute Gasteiger partial charge is 0.327 e. The molecule has 2 atom stereocenters. The lowest BCUT2D eigenvalue weighted by Crippen LogP contribution is -2.47. The van der Waals surface area contributed by atoms with Crippen LogP contribution in [0.25, 0.3) is 0 Å². The van der Waals surface area contributed by atoms with Crippen molar-refractivity contribution in [2.24, 2.45) is 29.4 Å². The maximum atomic E-state index is 6.09. The molecule has 0 aromatic rings. The summed E-state index contributed by atoms with van der Waals surface area (Å²) in [6.45, 7) is 6.20. The van der Waals surface area contributed by atoms with Crippen LogP contribution in [0.15, 0.2) is 0 Å². The molecule has 0 bridgehead atoms. The van der Waals surface area contributed by atoms with Crippen LogP contribution >= 0.6 is 0 Å². The normalized spacial score (nSPS) is 36.9. The monoisotopic (exact) mass is 222 g/mol. The molecule has 2 unspecified atom stereocenters. The van der Waals surface area contributed by atoms with E-state index in [1.807, 2.05) is 0 Å². The Balaban J connectivity index is 1.52. The molecule has 0 radical (unpaired) electrons. The van der Waals surface area contributed by atoms with Crippen LogP contribution in [0.1, 0.15) is 39.0 Å². The van der Waals surface area contributed by atoms with E-state index >= 15 is 0 Å². The van der Waals surface area contributed by atoms with Crippen LogP contribution < -0.4 is 5.73 Å². The minimum Gasteiger partial charge on any atom is -0.327 e. The van der Waals surface area contributed by atoms with Gasteiger partial charge in [0.2, 0.25) is 0 Å². The molecule has 2 saturated carbocycles. The van der Waals surface area contributed by atoms with E-state index in [4.69, 9.17) is 5.73 Å². The minimum atomic E-state index is 0.455. The van der Waals surface area contributed by atoms with Gasteiger partial charge in [-0.15, -0.1) is 0 Å². The molecule has 2 nitrogen and oxygen atoms in total. The predicted octanol–water partition coefficient (Wildman–Crippen LogP) is 2.09. The average molecular weight is 222 g/mol. The van der Waals surface area contributed by atoms with Gasteiger partial charge in [-0.3, -0.25) is 0 Å². The maximum absolute atomic E-state index is 6.09. The Kier molecular flexibility index (Phi) is 2.97. The second-order valence-corrected chi connectivity index (χ2v) is 6.53. The van der Waals surface area contributed by atoms with Gasteiger partial charge in [0.15, 0.2) is 0 Å². The topological polar surface area (TPSA) is 29.3 Å². The van der Waals surface area contributed by atoms with Crippen molar-refractivity contribution in [1.29, 1.82) is 0 Å². The minimum absolute atomic E-state index is 0.455. The van der Waals surface area contributed by atoms with E-state index in [1.165, 1.54) is 51.7 Å². The molecule has 3 aliphatic rings. The van der Waals surface area contributed by atoms with E-state index in [0.29, 0.717) is 12.0 Å². The Morgan fingerprint density at radius 3 is 2.25 bits per heavy atom. The summed E-state index contributed by atoms with van der Waals surface area (Å²) in [5.41, 5.74) is 6.09. The summed E-state index contributed by atoms with van der Waals surface area (Å²) in [5, 5.41) is 0. The Morgan fingerprint density at radius 2 is 1.75 bits per heavy atom. The lowest BCUT2D eigenvalue weighted by molar-refractivity contribution is 0.130. The van der Waals surface area contributed by atoms with Gasteiger partial charge in [-0.2, -0.15) is 0 Å². The molecule has 1 heterocycles. The van der Waals surface area contributed by atoms with Crippen molar-refractivity contribution < 1.29 is 0 Å². The van der Waals surface area contributed by atoms with Crippen molar-refractivity contribution in [3.8, 4) is 0 Å². The molecular weight excluding hydrogens is 196 g/mol. The second-order valence-electron chi connectivity index (χ2n) is 6.53. The molecule has 0 spiro atoms. The van der Waals surface area contributed by atoms with Crippen LogP contribution in [0.2, 0.25) is 0 Å². The Bertz CT molecular complexity index is 233. The summed E-state index contributed by atoms with van der Waals surface area (Å²) >= 11 is 0. The summed E-state index contributed by atoms with van der Waals surface area (Å²) in [6.07, 6.45) is 7.28. The van der Waals surface area contributed by atoms with E-state index in [2.05, 4.69) is 11.8 Å². The third-order valence-corrected chi connectivity index (χ3v) is 4.98. The molecule has 0 amide bonds. The van der Waals surface area contributed by atoms with Gasteiger partial charge < -0.3 is 10.6 Å². The Labute approximate surface area is 99.6 Å². The molecule has 1 aliphatic heterocycles. The molecule has 0 aromatic carbocycles. The quantitative estimate of drug-likeness (QED) is 0.789. The van der Waals surface area contributed by atoms with Crippen LogP contribution in [0, 0.1) is 23.7 Å². The van der Waals surface area contributed by atoms with E-state index in [0.717, 1.165) is 17.8 Å². The van der Waals surface area contributed by atoms with E-state index < -0.39 is 0 Å². The molecular formula is C14H26N2. The van der Waals surface area contributed by atoms with Gasteiger partial charge in [-0.05, 0) is 62.3 Å². The Morgan fingerprint density at radius 1 is 1.12 bits per heavy atom. The van der Waals surface area contributed by atoms with Gasteiger partial charge in [0.25, 0.3) is 0 Å². The predicted molar refractivity (Wildman–Crippen MR) is 67.1 cm³/mol. The van der Waals surface area contributed by atoms with E-state index in [1.54, 1.807) is 0 Å². The zero-order valence-electron chi connectivity index (χ0n) is 10.6. The van der Waals surface area contributed by atoms with Gasteiger partial charge in [0, 0.05) is 19.1 Å². The fourth-order valence-electron chi connectivity index (χ4n) is 3.45. The number of likely N-dealkylation sites (tertiary alicyclic amines) is 1. The van der Waals surface area contributed by atoms with Crippen LogP contribution in [0.3, 0.4) is 0 Å². The standard InChI is InChI=1S/C14H26N2/c1-10-8-16(7-6-14(10)15)9-13(11-2-3-11)12-4-5-12/h10-14H,2-9,15H2,1H3. The lowest BCUT2D eigenvalue weighted by Gasteiger charge is -2.37. The molecule has 2 aliphatic carbocycles. The summed E-state index contributed by atoms with van der Waals surface area (Å²) in [7, 11) is 0. The zero-order chi connectivity index (χ0) is 11.1. The Hall–Kier alpha value is -0.0800. The van der Waals surface area contributed by atoms with Crippen LogP contribution in [0.4, 0.5) is 0 Å². The van der Waals surface area contributed by atoms with Crippen molar-refractivity contribution in [3.05, 3.63) is 0 Å². The maximum Gasteiger partial charge on any atom is 0.00889 e. The highest BCUT2D eigenvalue weighted by molar-refractivity contribution is 4.94. The highest BCUT2D eigenvalue weighted by Gasteiger charge is 2.42. The van der Waals surface area contributed by atoms with Crippen molar-refractivity contribution in [3.63, 3.8) is 0 Å². The molecule has 92 valence electrons. The van der Waals surface area contributed by atoms with E-state index in [-0.39, 0.29) is 0 Å². The molecule has 2 N–H and O–H groups in total. The number of rotatable bonds is 4. The SMILES string of the molecule is CC1CN(CC(C2CC2)C2CC2)CCC1N. The van der Waals surface area contributed by atoms with Gasteiger partial charge in [-0.25, -0.2) is 0 Å². The van der Waals surface area contributed by atoms with Crippen molar-refractivity contribution in [1.82, 2.24) is 4.90 Å². The zero-order valence-corrected chi connectivity index (χ0v) is 10.6. The third-order valence-electron chi connectivity index (χ3n) is 4.98. The summed E-state index contributed by atoms with van der Waals surface area (Å²) in [5.74, 6) is 3.94. The summed E-state index contributed by atoms with van der Waals surface area (Å²) in [6, 6.07) is 0.455. The highest BCUT2D eigenvalue weighted by Crippen LogP contribution is 2.49. The van der Waals surface area contributed by atoms with E-state index in [9.17, 15) is 0 Å². The fraction of sp³-hybridized carbons (Fsp3) is 1.00. The number of nitrogens with two attached hydrogens (primary N) is 1. The van der Waals surface area contributed by atoms with Crippen LogP contribution in [0.5, 0.6) is 0 Å². The summed E-state index contributed by atoms with van der Waals surface area (Å²) in [4.78, 5) is 2.70. The number of hydrogen-bond donors (Lipinski definition) is 1. The molecule has 3 fully saturated rings. The first-order valence-electron chi connectivity index (χ1n) is 7.22. The first kappa shape index (κ1) is 11.0. The van der Waals surface area contributed by atoms with Gasteiger partial charge in [0.1, 0.15) is 0 Å². The van der Waals surface area contributed by atoms with Gasteiger partial charge >= 0.3 is 0 Å². The van der Waals surface area contributed by atoms with Crippen molar-refractivity contribution >= 4 is 0 Å².